The molecule has 3 heteroatoms. The molecule has 144 valence electrons. The minimum absolute atomic E-state index is 0.0323. The van der Waals surface area contributed by atoms with Gasteiger partial charge in [0.25, 0.3) is 0 Å². The highest BCUT2D eigenvalue weighted by molar-refractivity contribution is 5.26. The van der Waals surface area contributed by atoms with Crippen LogP contribution in [0.25, 0.3) is 0 Å². The van der Waals surface area contributed by atoms with Crippen LogP contribution < -0.4 is 0 Å². The third-order valence-corrected chi connectivity index (χ3v) is 9.77. The third kappa shape index (κ3) is 2.08. The SMILES string of the molecule is C[C@]12CCC(O)CC1CC[C@@H]1[C@H]2CC[C@]2(C)C(c3ccoc3)CC[C@@]12O. The lowest BCUT2D eigenvalue weighted by molar-refractivity contribution is -0.205. The summed E-state index contributed by atoms with van der Waals surface area (Å²) in [6.07, 6.45) is 13.3. The van der Waals surface area contributed by atoms with E-state index in [1.165, 1.54) is 18.4 Å². The molecule has 4 aliphatic carbocycles. The van der Waals surface area contributed by atoms with E-state index in [2.05, 4.69) is 19.9 Å². The zero-order valence-electron chi connectivity index (χ0n) is 16.3. The van der Waals surface area contributed by atoms with E-state index in [0.29, 0.717) is 29.1 Å². The molecule has 1 aromatic heterocycles. The molecule has 0 bridgehead atoms. The summed E-state index contributed by atoms with van der Waals surface area (Å²) in [7, 11) is 0. The van der Waals surface area contributed by atoms with E-state index < -0.39 is 5.60 Å². The van der Waals surface area contributed by atoms with E-state index in [1.54, 1.807) is 6.26 Å². The number of aliphatic hydroxyl groups excluding tert-OH is 1. The number of fused-ring (bicyclic) bond motifs is 5. The van der Waals surface area contributed by atoms with Gasteiger partial charge in [-0.25, -0.2) is 0 Å². The lowest BCUT2D eigenvalue weighted by atomic mass is 9.43. The van der Waals surface area contributed by atoms with Crippen molar-refractivity contribution in [1.29, 1.82) is 0 Å². The van der Waals surface area contributed by atoms with Gasteiger partial charge < -0.3 is 14.6 Å². The molecular weight excluding hydrogens is 324 g/mol. The Bertz CT molecular complexity index is 669. The van der Waals surface area contributed by atoms with E-state index in [4.69, 9.17) is 4.42 Å². The van der Waals surface area contributed by atoms with Gasteiger partial charge in [-0.2, -0.15) is 0 Å². The van der Waals surface area contributed by atoms with Crippen LogP contribution >= 0.6 is 0 Å². The largest absolute Gasteiger partial charge is 0.472 e. The molecule has 4 aliphatic rings. The first-order valence-electron chi connectivity index (χ1n) is 10.8. The minimum Gasteiger partial charge on any atom is -0.472 e. The molecule has 0 saturated heterocycles. The molecule has 1 aromatic rings. The topological polar surface area (TPSA) is 53.6 Å². The highest BCUT2D eigenvalue weighted by Crippen LogP contribution is 2.70. The number of aliphatic hydroxyl groups is 2. The molecule has 1 heterocycles. The van der Waals surface area contributed by atoms with Crippen molar-refractivity contribution >= 4 is 0 Å². The molecule has 26 heavy (non-hydrogen) atoms. The molecule has 0 aromatic carbocycles. The monoisotopic (exact) mass is 358 g/mol. The van der Waals surface area contributed by atoms with E-state index in [0.717, 1.165) is 44.9 Å². The predicted molar refractivity (Wildman–Crippen MR) is 101 cm³/mol. The zero-order chi connectivity index (χ0) is 18.2. The number of hydrogen-bond acceptors (Lipinski definition) is 3. The van der Waals surface area contributed by atoms with E-state index in [-0.39, 0.29) is 11.5 Å². The van der Waals surface area contributed by atoms with Gasteiger partial charge in [0.1, 0.15) is 0 Å². The van der Waals surface area contributed by atoms with Crippen molar-refractivity contribution in [3.05, 3.63) is 24.2 Å². The third-order valence-electron chi connectivity index (χ3n) is 9.77. The van der Waals surface area contributed by atoms with Crippen LogP contribution in [0.3, 0.4) is 0 Å². The second-order valence-corrected chi connectivity index (χ2v) is 10.4. The van der Waals surface area contributed by atoms with E-state index >= 15 is 0 Å². The summed E-state index contributed by atoms with van der Waals surface area (Å²) in [5, 5.41) is 22.3. The molecule has 0 radical (unpaired) electrons. The summed E-state index contributed by atoms with van der Waals surface area (Å²) >= 11 is 0. The van der Waals surface area contributed by atoms with Crippen molar-refractivity contribution < 1.29 is 14.6 Å². The zero-order valence-corrected chi connectivity index (χ0v) is 16.3. The fourth-order valence-electron chi connectivity index (χ4n) is 8.21. The molecular formula is C23H34O3. The van der Waals surface area contributed by atoms with Gasteiger partial charge in [-0.1, -0.05) is 13.8 Å². The number of hydrogen-bond donors (Lipinski definition) is 2. The van der Waals surface area contributed by atoms with Crippen LogP contribution in [0, 0.1) is 28.6 Å². The fraction of sp³-hybridized carbons (Fsp3) is 0.826. The second kappa shape index (κ2) is 5.61. The second-order valence-electron chi connectivity index (χ2n) is 10.4. The van der Waals surface area contributed by atoms with Gasteiger partial charge in [0, 0.05) is 5.41 Å². The Kier molecular flexibility index (Phi) is 3.73. The maximum absolute atomic E-state index is 12.1. The van der Waals surface area contributed by atoms with E-state index in [1.807, 2.05) is 6.26 Å². The highest BCUT2D eigenvalue weighted by Gasteiger charge is 2.67. The minimum atomic E-state index is -0.540. The Labute approximate surface area is 157 Å². The van der Waals surface area contributed by atoms with Crippen LogP contribution in [0.4, 0.5) is 0 Å². The van der Waals surface area contributed by atoms with Gasteiger partial charge in [-0.15, -0.1) is 0 Å². The van der Waals surface area contributed by atoms with Crippen LogP contribution in [0.1, 0.15) is 83.1 Å². The van der Waals surface area contributed by atoms with Gasteiger partial charge in [0.05, 0.1) is 24.2 Å². The molecule has 4 fully saturated rings. The molecule has 0 amide bonds. The van der Waals surface area contributed by atoms with Crippen molar-refractivity contribution in [2.24, 2.45) is 28.6 Å². The Hall–Kier alpha value is -0.800. The van der Waals surface area contributed by atoms with Gasteiger partial charge in [-0.05, 0) is 98.5 Å². The van der Waals surface area contributed by atoms with Crippen LogP contribution in [-0.4, -0.2) is 21.9 Å². The molecule has 4 saturated carbocycles. The Morgan fingerprint density at radius 2 is 1.85 bits per heavy atom. The Morgan fingerprint density at radius 3 is 2.62 bits per heavy atom. The lowest BCUT2D eigenvalue weighted by Gasteiger charge is -2.63. The Morgan fingerprint density at radius 1 is 1.00 bits per heavy atom. The lowest BCUT2D eigenvalue weighted by Crippen LogP contribution is -2.62. The van der Waals surface area contributed by atoms with Crippen molar-refractivity contribution in [2.75, 3.05) is 0 Å². The maximum Gasteiger partial charge on any atom is 0.0937 e. The van der Waals surface area contributed by atoms with Gasteiger partial charge in [0.2, 0.25) is 0 Å². The molecule has 3 nitrogen and oxygen atoms in total. The summed E-state index contributed by atoms with van der Waals surface area (Å²) in [6, 6.07) is 2.11. The van der Waals surface area contributed by atoms with Gasteiger partial charge in [-0.3, -0.25) is 0 Å². The quantitative estimate of drug-likeness (QED) is 0.752. The predicted octanol–water partition coefficient (Wildman–Crippen LogP) is 4.88. The average Bonchev–Trinajstić information content (AvgIpc) is 3.21. The number of furan rings is 1. The summed E-state index contributed by atoms with van der Waals surface area (Å²) in [6.45, 7) is 4.84. The van der Waals surface area contributed by atoms with Crippen LogP contribution in [0.15, 0.2) is 23.0 Å². The first kappa shape index (κ1) is 17.3. The molecule has 0 spiro atoms. The molecule has 0 aliphatic heterocycles. The average molecular weight is 359 g/mol. The highest BCUT2D eigenvalue weighted by atomic mass is 16.3. The smallest absolute Gasteiger partial charge is 0.0937 e. The normalized spacial score (nSPS) is 53.6. The van der Waals surface area contributed by atoms with Crippen molar-refractivity contribution in [3.8, 4) is 0 Å². The molecule has 3 unspecified atom stereocenters. The van der Waals surface area contributed by atoms with Crippen molar-refractivity contribution in [3.63, 3.8) is 0 Å². The first-order chi connectivity index (χ1) is 12.4. The molecule has 2 N–H and O–H groups in total. The van der Waals surface area contributed by atoms with Crippen LogP contribution in [0.5, 0.6) is 0 Å². The number of rotatable bonds is 1. The summed E-state index contributed by atoms with van der Waals surface area (Å²) in [4.78, 5) is 0. The standard InChI is InChI=1S/C23H34O3/c1-21-9-5-17(24)13-16(21)3-4-20-19(21)6-10-22(2)18(7-11-23(20,22)25)15-8-12-26-14-15/h8,12,14,16-20,24-25H,3-7,9-11,13H2,1-2H3/t16?,17?,18?,19-,20-,21+,22-,23-/m1/s1. The maximum atomic E-state index is 12.1. The first-order valence-corrected chi connectivity index (χ1v) is 10.8. The summed E-state index contributed by atoms with van der Waals surface area (Å²) in [5.74, 6) is 2.11. The van der Waals surface area contributed by atoms with Crippen molar-refractivity contribution in [1.82, 2.24) is 0 Å². The van der Waals surface area contributed by atoms with Gasteiger partial charge >= 0.3 is 0 Å². The summed E-state index contributed by atoms with van der Waals surface area (Å²) in [5.41, 5.74) is 1.02. The van der Waals surface area contributed by atoms with Crippen molar-refractivity contribution in [2.45, 2.75) is 89.3 Å². The molecule has 5 rings (SSSR count). The summed E-state index contributed by atoms with van der Waals surface area (Å²) < 4.78 is 5.38. The van der Waals surface area contributed by atoms with Gasteiger partial charge in [0.15, 0.2) is 0 Å². The van der Waals surface area contributed by atoms with Crippen LogP contribution in [0.2, 0.25) is 0 Å². The van der Waals surface area contributed by atoms with E-state index in [9.17, 15) is 10.2 Å². The fourth-order valence-corrected chi connectivity index (χ4v) is 8.21. The molecule has 8 atom stereocenters. The van der Waals surface area contributed by atoms with Crippen LogP contribution in [-0.2, 0) is 0 Å². The Balaban J connectivity index is 1.49.